The highest BCUT2D eigenvalue weighted by Gasteiger charge is 2.06. The first-order chi connectivity index (χ1) is 12.6. The fraction of sp³-hybridized carbons (Fsp3) is 0.316. The van der Waals surface area contributed by atoms with Gasteiger partial charge in [0.25, 0.3) is 0 Å². The van der Waals surface area contributed by atoms with Crippen LogP contribution in [0.3, 0.4) is 0 Å². The van der Waals surface area contributed by atoms with Gasteiger partial charge in [0.2, 0.25) is 0 Å². The number of nitrogens with zero attached hydrogens (tertiary/aromatic N) is 1. The molecule has 0 saturated carbocycles. The largest absolute Gasteiger partial charge is 0.497 e. The second kappa shape index (κ2) is 9.87. The van der Waals surface area contributed by atoms with Gasteiger partial charge in [-0.3, -0.25) is 4.99 Å². The van der Waals surface area contributed by atoms with Crippen molar-refractivity contribution in [3.8, 4) is 11.5 Å². The number of aliphatic imine (C=N–C) groups is 1. The Morgan fingerprint density at radius 1 is 1.12 bits per heavy atom. The van der Waals surface area contributed by atoms with Gasteiger partial charge in [-0.15, -0.1) is 0 Å². The molecule has 2 aromatic carbocycles. The Morgan fingerprint density at radius 3 is 2.54 bits per heavy atom. The maximum atomic E-state index is 13.7. The van der Waals surface area contributed by atoms with Gasteiger partial charge in [0.15, 0.2) is 17.5 Å². The molecule has 0 bridgehead atoms. The molecule has 0 aliphatic heterocycles. The van der Waals surface area contributed by atoms with Crippen LogP contribution in [-0.4, -0.2) is 33.8 Å². The number of hydrogen-bond donors (Lipinski definition) is 2. The lowest BCUT2D eigenvalue weighted by Crippen LogP contribution is -2.37. The van der Waals surface area contributed by atoms with Gasteiger partial charge in [-0.2, -0.15) is 0 Å². The Kier molecular flexibility index (Phi) is 7.53. The van der Waals surface area contributed by atoms with Crippen LogP contribution < -0.4 is 20.1 Å². The predicted molar refractivity (Wildman–Crippen MR) is 103 cm³/mol. The zero-order chi connectivity index (χ0) is 18.9. The number of ether oxygens (including phenoxy) is 2. The Balaban J connectivity index is 1.83. The van der Waals surface area contributed by atoms with E-state index < -0.39 is 0 Å². The molecule has 0 radical (unpaired) electrons. The molecule has 0 amide bonds. The number of rotatable bonds is 7. The van der Waals surface area contributed by atoms with Crippen molar-refractivity contribution in [2.75, 3.05) is 27.8 Å². The van der Waals surface area contributed by atoms with Crippen LogP contribution in [0.15, 0.2) is 41.4 Å². The molecule has 2 rings (SSSR count). The number of nitrogens with one attached hydrogen (secondary N) is 2. The normalized spacial score (nSPS) is 11.2. The molecular weight excluding hydrogens is 357 g/mol. The Labute approximate surface area is 158 Å². The topological polar surface area (TPSA) is 54.9 Å². The third kappa shape index (κ3) is 5.52. The molecule has 0 atom stereocenters. The van der Waals surface area contributed by atoms with Gasteiger partial charge in [0.05, 0.1) is 14.2 Å². The second-order valence-corrected chi connectivity index (χ2v) is 5.94. The summed E-state index contributed by atoms with van der Waals surface area (Å²) in [5.41, 5.74) is 1.82. The molecule has 0 aromatic heterocycles. The zero-order valence-electron chi connectivity index (χ0n) is 15.1. The standard InChI is InChI=1S/C19H23ClFN3O2/c1-22-19(24-12-13-4-7-18(26-3)17(21)10-13)23-9-8-14-5-6-15(25-2)11-16(14)20/h4-7,10-11H,8-9,12H2,1-3H3,(H2,22,23,24). The summed E-state index contributed by atoms with van der Waals surface area (Å²) >= 11 is 6.24. The van der Waals surface area contributed by atoms with Crippen LogP contribution in [-0.2, 0) is 13.0 Å². The van der Waals surface area contributed by atoms with Crippen molar-refractivity contribution in [1.82, 2.24) is 10.6 Å². The van der Waals surface area contributed by atoms with Gasteiger partial charge in [0, 0.05) is 25.2 Å². The van der Waals surface area contributed by atoms with Crippen molar-refractivity contribution < 1.29 is 13.9 Å². The summed E-state index contributed by atoms with van der Waals surface area (Å²) in [4.78, 5) is 4.16. The SMILES string of the molecule is CN=C(NCCc1ccc(OC)cc1Cl)NCc1ccc(OC)c(F)c1. The van der Waals surface area contributed by atoms with Gasteiger partial charge in [-0.05, 0) is 41.8 Å². The predicted octanol–water partition coefficient (Wildman–Crippen LogP) is 3.40. The highest BCUT2D eigenvalue weighted by molar-refractivity contribution is 6.31. The lowest BCUT2D eigenvalue weighted by Gasteiger charge is -2.13. The fourth-order valence-corrected chi connectivity index (χ4v) is 2.66. The van der Waals surface area contributed by atoms with Crippen molar-refractivity contribution in [3.63, 3.8) is 0 Å². The molecule has 0 aliphatic carbocycles. The summed E-state index contributed by atoms with van der Waals surface area (Å²) in [5.74, 6) is 1.21. The van der Waals surface area contributed by atoms with Crippen molar-refractivity contribution in [1.29, 1.82) is 0 Å². The summed E-state index contributed by atoms with van der Waals surface area (Å²) in [5, 5.41) is 7.03. The summed E-state index contributed by atoms with van der Waals surface area (Å²) in [7, 11) is 4.73. The van der Waals surface area contributed by atoms with Crippen LogP contribution >= 0.6 is 11.6 Å². The van der Waals surface area contributed by atoms with Gasteiger partial charge in [-0.25, -0.2) is 4.39 Å². The minimum atomic E-state index is -0.385. The summed E-state index contributed by atoms with van der Waals surface area (Å²) < 4.78 is 23.8. The number of benzene rings is 2. The minimum absolute atomic E-state index is 0.229. The molecule has 0 unspecified atom stereocenters. The number of guanidine groups is 1. The highest BCUT2D eigenvalue weighted by atomic mass is 35.5. The lowest BCUT2D eigenvalue weighted by atomic mass is 10.1. The molecule has 0 heterocycles. The third-order valence-electron chi connectivity index (χ3n) is 3.85. The number of methoxy groups -OCH3 is 2. The second-order valence-electron chi connectivity index (χ2n) is 5.53. The number of hydrogen-bond acceptors (Lipinski definition) is 3. The smallest absolute Gasteiger partial charge is 0.191 e. The van der Waals surface area contributed by atoms with Crippen LogP contribution in [0.5, 0.6) is 11.5 Å². The van der Waals surface area contributed by atoms with E-state index in [1.807, 2.05) is 12.1 Å². The minimum Gasteiger partial charge on any atom is -0.497 e. The summed E-state index contributed by atoms with van der Waals surface area (Å²) in [6.45, 7) is 1.10. The Bertz CT molecular complexity index is 768. The van der Waals surface area contributed by atoms with Crippen LogP contribution in [0, 0.1) is 5.82 Å². The average Bonchev–Trinajstić information content (AvgIpc) is 2.65. The van der Waals surface area contributed by atoms with Crippen LogP contribution in [0.1, 0.15) is 11.1 Å². The molecule has 140 valence electrons. The van der Waals surface area contributed by atoms with Crippen LogP contribution in [0.25, 0.3) is 0 Å². The van der Waals surface area contributed by atoms with Crippen LogP contribution in [0.4, 0.5) is 4.39 Å². The molecule has 0 fully saturated rings. The van der Waals surface area contributed by atoms with Crippen molar-refractivity contribution in [2.45, 2.75) is 13.0 Å². The molecule has 0 aliphatic rings. The summed E-state index contributed by atoms with van der Waals surface area (Å²) in [6.07, 6.45) is 0.737. The van der Waals surface area contributed by atoms with Crippen molar-refractivity contribution >= 4 is 17.6 Å². The highest BCUT2D eigenvalue weighted by Crippen LogP contribution is 2.22. The van der Waals surface area contributed by atoms with E-state index in [-0.39, 0.29) is 11.6 Å². The van der Waals surface area contributed by atoms with E-state index in [0.717, 1.165) is 23.3 Å². The molecule has 7 heteroatoms. The maximum Gasteiger partial charge on any atom is 0.191 e. The molecule has 26 heavy (non-hydrogen) atoms. The van der Waals surface area contributed by atoms with Crippen molar-refractivity contribution in [2.24, 2.45) is 4.99 Å². The van der Waals surface area contributed by atoms with Crippen LogP contribution in [0.2, 0.25) is 5.02 Å². The van der Waals surface area contributed by atoms with E-state index in [1.54, 1.807) is 32.4 Å². The van der Waals surface area contributed by atoms with E-state index in [4.69, 9.17) is 21.1 Å². The van der Waals surface area contributed by atoms with Gasteiger partial charge in [-0.1, -0.05) is 23.7 Å². The molecule has 2 N–H and O–H groups in total. The zero-order valence-corrected chi connectivity index (χ0v) is 15.9. The Morgan fingerprint density at radius 2 is 1.92 bits per heavy atom. The van der Waals surface area contributed by atoms with E-state index in [9.17, 15) is 4.39 Å². The van der Waals surface area contributed by atoms with Crippen molar-refractivity contribution in [3.05, 3.63) is 58.4 Å². The molecule has 0 saturated heterocycles. The first-order valence-corrected chi connectivity index (χ1v) is 8.54. The van der Waals surface area contributed by atoms with E-state index >= 15 is 0 Å². The molecule has 0 spiro atoms. The maximum absolute atomic E-state index is 13.7. The average molecular weight is 380 g/mol. The first kappa shape index (κ1) is 19.8. The number of halogens is 2. The van der Waals surface area contributed by atoms with E-state index in [0.29, 0.717) is 24.1 Å². The Hall–Kier alpha value is -2.47. The van der Waals surface area contributed by atoms with E-state index in [2.05, 4.69) is 15.6 Å². The monoisotopic (exact) mass is 379 g/mol. The van der Waals surface area contributed by atoms with Gasteiger partial charge >= 0.3 is 0 Å². The lowest BCUT2D eigenvalue weighted by molar-refractivity contribution is 0.386. The van der Waals surface area contributed by atoms with Gasteiger partial charge < -0.3 is 20.1 Å². The van der Waals surface area contributed by atoms with Gasteiger partial charge in [0.1, 0.15) is 5.75 Å². The molecular formula is C19H23ClFN3O2. The molecule has 5 nitrogen and oxygen atoms in total. The quantitative estimate of drug-likeness (QED) is 0.572. The first-order valence-electron chi connectivity index (χ1n) is 8.16. The molecule has 2 aromatic rings. The van der Waals surface area contributed by atoms with E-state index in [1.165, 1.54) is 13.2 Å². The summed E-state index contributed by atoms with van der Waals surface area (Å²) in [6, 6.07) is 10.5. The fourth-order valence-electron chi connectivity index (χ4n) is 2.40. The third-order valence-corrected chi connectivity index (χ3v) is 4.20.